The van der Waals surface area contributed by atoms with Gasteiger partial charge in [-0.25, -0.2) is 0 Å². The molecule has 1 aliphatic heterocycles. The van der Waals surface area contributed by atoms with Crippen molar-refractivity contribution < 1.29 is 14.1 Å². The molecule has 0 unspecified atom stereocenters. The van der Waals surface area contributed by atoms with Crippen LogP contribution in [-0.4, -0.2) is 72.1 Å². The van der Waals surface area contributed by atoms with Crippen LogP contribution >= 0.6 is 0 Å². The Labute approximate surface area is 148 Å². The Hall–Kier alpha value is -2.19. The van der Waals surface area contributed by atoms with Gasteiger partial charge < -0.3 is 15.2 Å². The van der Waals surface area contributed by atoms with Crippen molar-refractivity contribution in [3.63, 3.8) is 0 Å². The van der Waals surface area contributed by atoms with Crippen molar-refractivity contribution in [2.75, 3.05) is 44.6 Å². The van der Waals surface area contributed by atoms with Gasteiger partial charge in [0.05, 0.1) is 12.6 Å². The van der Waals surface area contributed by atoms with Crippen LogP contribution < -0.4 is 10.6 Å². The molecule has 2 amide bonds. The lowest BCUT2D eigenvalue weighted by Crippen LogP contribution is -2.55. The second kappa shape index (κ2) is 9.33. The van der Waals surface area contributed by atoms with E-state index in [1.165, 1.54) is 0 Å². The standard InChI is InChI=1S/C17H27N5O3/c1-4-6-18-16(23)12-21-7-9-22(10-8-21)14(5-2)17(24)19-15-11-13(3)25-20-15/h4,11,14H,1,5-10,12H2,2-3H3,(H,18,23)(H,19,20,24)/t14-/m0/s1. The number of rotatable bonds is 8. The minimum Gasteiger partial charge on any atom is -0.360 e. The monoisotopic (exact) mass is 349 g/mol. The van der Waals surface area contributed by atoms with E-state index in [0.29, 0.717) is 31.1 Å². The van der Waals surface area contributed by atoms with Crippen molar-refractivity contribution in [1.82, 2.24) is 20.3 Å². The largest absolute Gasteiger partial charge is 0.360 e. The second-order valence-electron chi connectivity index (χ2n) is 6.14. The maximum Gasteiger partial charge on any atom is 0.242 e. The summed E-state index contributed by atoms with van der Waals surface area (Å²) < 4.78 is 4.97. The number of amides is 2. The molecule has 2 rings (SSSR count). The first-order valence-corrected chi connectivity index (χ1v) is 8.61. The van der Waals surface area contributed by atoms with Crippen LogP contribution in [0.3, 0.4) is 0 Å². The summed E-state index contributed by atoms with van der Waals surface area (Å²) >= 11 is 0. The molecule has 2 heterocycles. The van der Waals surface area contributed by atoms with Crippen LogP contribution in [0.15, 0.2) is 23.2 Å². The Kier molecular flexibility index (Phi) is 7.15. The van der Waals surface area contributed by atoms with Crippen molar-refractivity contribution in [3.05, 3.63) is 24.5 Å². The third-order valence-electron chi connectivity index (χ3n) is 4.23. The zero-order valence-corrected chi connectivity index (χ0v) is 15.0. The Morgan fingerprint density at radius 1 is 1.40 bits per heavy atom. The molecular formula is C17H27N5O3. The van der Waals surface area contributed by atoms with Gasteiger partial charge in [0.2, 0.25) is 11.8 Å². The van der Waals surface area contributed by atoms with Crippen LogP contribution in [0.1, 0.15) is 19.1 Å². The van der Waals surface area contributed by atoms with Gasteiger partial charge >= 0.3 is 0 Å². The normalized spacial score (nSPS) is 17.0. The molecule has 0 bridgehead atoms. The number of aryl methyl sites for hydroxylation is 1. The number of nitrogens with zero attached hydrogens (tertiary/aromatic N) is 3. The highest BCUT2D eigenvalue weighted by Gasteiger charge is 2.28. The van der Waals surface area contributed by atoms with E-state index in [2.05, 4.69) is 32.2 Å². The number of hydrogen-bond donors (Lipinski definition) is 2. The van der Waals surface area contributed by atoms with Crippen molar-refractivity contribution in [2.45, 2.75) is 26.3 Å². The molecule has 0 saturated carbocycles. The van der Waals surface area contributed by atoms with Crippen LogP contribution in [0.5, 0.6) is 0 Å². The molecule has 1 saturated heterocycles. The van der Waals surface area contributed by atoms with Crippen molar-refractivity contribution in [1.29, 1.82) is 0 Å². The van der Waals surface area contributed by atoms with Gasteiger partial charge in [0.25, 0.3) is 0 Å². The summed E-state index contributed by atoms with van der Waals surface area (Å²) in [7, 11) is 0. The molecule has 0 aromatic carbocycles. The molecule has 8 heteroatoms. The number of piperazine rings is 1. The van der Waals surface area contributed by atoms with Gasteiger partial charge in [0.15, 0.2) is 5.82 Å². The fourth-order valence-corrected chi connectivity index (χ4v) is 2.92. The Morgan fingerprint density at radius 2 is 2.12 bits per heavy atom. The van der Waals surface area contributed by atoms with E-state index >= 15 is 0 Å². The lowest BCUT2D eigenvalue weighted by Gasteiger charge is -2.37. The highest BCUT2D eigenvalue weighted by molar-refractivity contribution is 5.94. The summed E-state index contributed by atoms with van der Waals surface area (Å²) in [4.78, 5) is 28.5. The first-order chi connectivity index (χ1) is 12.0. The van der Waals surface area contributed by atoms with Gasteiger partial charge in [-0.15, -0.1) is 6.58 Å². The number of nitrogens with one attached hydrogen (secondary N) is 2. The lowest BCUT2D eigenvalue weighted by molar-refractivity contribution is -0.125. The average molecular weight is 349 g/mol. The molecule has 138 valence electrons. The van der Waals surface area contributed by atoms with Gasteiger partial charge in [-0.3, -0.25) is 19.4 Å². The number of hydrogen-bond acceptors (Lipinski definition) is 6. The summed E-state index contributed by atoms with van der Waals surface area (Å²) in [5.74, 6) is 1.03. The minimum atomic E-state index is -0.214. The molecular weight excluding hydrogens is 322 g/mol. The third kappa shape index (κ3) is 5.68. The van der Waals surface area contributed by atoms with Gasteiger partial charge in [0, 0.05) is 38.8 Å². The number of carbonyl (C=O) groups excluding carboxylic acids is 2. The smallest absolute Gasteiger partial charge is 0.242 e. The van der Waals surface area contributed by atoms with Crippen molar-refractivity contribution >= 4 is 17.6 Å². The molecule has 1 fully saturated rings. The maximum absolute atomic E-state index is 12.5. The molecule has 1 aromatic rings. The van der Waals surface area contributed by atoms with E-state index in [9.17, 15) is 9.59 Å². The number of anilines is 1. The molecule has 8 nitrogen and oxygen atoms in total. The SMILES string of the molecule is C=CCNC(=O)CN1CCN([C@@H](CC)C(=O)Nc2cc(C)on2)CC1. The zero-order valence-electron chi connectivity index (χ0n) is 15.0. The Morgan fingerprint density at radius 3 is 2.68 bits per heavy atom. The van der Waals surface area contributed by atoms with Crippen LogP contribution in [0.2, 0.25) is 0 Å². The molecule has 1 aliphatic rings. The van der Waals surface area contributed by atoms with E-state index in [0.717, 1.165) is 26.2 Å². The molecule has 1 atom stereocenters. The number of carbonyl (C=O) groups is 2. The van der Waals surface area contributed by atoms with E-state index in [1.807, 2.05) is 6.92 Å². The predicted octanol–water partition coefficient (Wildman–Crippen LogP) is 0.620. The van der Waals surface area contributed by atoms with Gasteiger partial charge in [-0.1, -0.05) is 18.2 Å². The first kappa shape index (κ1) is 19.1. The Bertz CT molecular complexity index is 593. The first-order valence-electron chi connectivity index (χ1n) is 8.61. The Balaban J connectivity index is 1.81. The van der Waals surface area contributed by atoms with Gasteiger partial charge in [-0.2, -0.15) is 0 Å². The zero-order chi connectivity index (χ0) is 18.2. The summed E-state index contributed by atoms with van der Waals surface area (Å²) in [5.41, 5.74) is 0. The topological polar surface area (TPSA) is 90.7 Å². The predicted molar refractivity (Wildman–Crippen MR) is 95.2 cm³/mol. The summed E-state index contributed by atoms with van der Waals surface area (Å²) in [6.45, 7) is 11.2. The molecule has 0 radical (unpaired) electrons. The summed E-state index contributed by atoms with van der Waals surface area (Å²) in [5, 5.41) is 9.39. The third-order valence-corrected chi connectivity index (χ3v) is 4.23. The van der Waals surface area contributed by atoms with Crippen molar-refractivity contribution in [2.24, 2.45) is 0 Å². The van der Waals surface area contributed by atoms with Gasteiger partial charge in [-0.05, 0) is 13.3 Å². The van der Waals surface area contributed by atoms with E-state index in [-0.39, 0.29) is 17.9 Å². The molecule has 0 aliphatic carbocycles. The maximum atomic E-state index is 12.5. The molecule has 1 aromatic heterocycles. The summed E-state index contributed by atoms with van der Waals surface area (Å²) in [6, 6.07) is 1.48. The van der Waals surface area contributed by atoms with Crippen LogP contribution in [0.4, 0.5) is 5.82 Å². The van der Waals surface area contributed by atoms with Crippen molar-refractivity contribution in [3.8, 4) is 0 Å². The van der Waals surface area contributed by atoms with Crippen LogP contribution in [-0.2, 0) is 9.59 Å². The van der Waals surface area contributed by atoms with Gasteiger partial charge in [0.1, 0.15) is 5.76 Å². The molecule has 25 heavy (non-hydrogen) atoms. The second-order valence-corrected chi connectivity index (χ2v) is 6.14. The van der Waals surface area contributed by atoms with Crippen LogP contribution in [0, 0.1) is 6.92 Å². The van der Waals surface area contributed by atoms with E-state index in [4.69, 9.17) is 4.52 Å². The quantitative estimate of drug-likeness (QED) is 0.669. The highest BCUT2D eigenvalue weighted by atomic mass is 16.5. The lowest BCUT2D eigenvalue weighted by atomic mass is 10.1. The molecule has 2 N–H and O–H groups in total. The number of aromatic nitrogens is 1. The van der Waals surface area contributed by atoms with E-state index in [1.54, 1.807) is 19.1 Å². The summed E-state index contributed by atoms with van der Waals surface area (Å²) in [6.07, 6.45) is 2.37. The molecule has 0 spiro atoms. The highest BCUT2D eigenvalue weighted by Crippen LogP contribution is 2.13. The minimum absolute atomic E-state index is 0.000429. The average Bonchev–Trinajstić information content (AvgIpc) is 3.00. The van der Waals surface area contributed by atoms with E-state index < -0.39 is 0 Å². The fraction of sp³-hybridized carbons (Fsp3) is 0.588. The fourth-order valence-electron chi connectivity index (χ4n) is 2.92. The van der Waals surface area contributed by atoms with Crippen LogP contribution in [0.25, 0.3) is 0 Å².